The molecule has 0 saturated carbocycles. The molecule has 0 aliphatic heterocycles. The van der Waals surface area contributed by atoms with Crippen molar-refractivity contribution in [3.63, 3.8) is 0 Å². The highest BCUT2D eigenvalue weighted by molar-refractivity contribution is 7.98. The van der Waals surface area contributed by atoms with E-state index in [4.69, 9.17) is 9.47 Å². The summed E-state index contributed by atoms with van der Waals surface area (Å²) in [5, 5.41) is 2.57. The van der Waals surface area contributed by atoms with Crippen molar-refractivity contribution in [3.8, 4) is 0 Å². The maximum atomic E-state index is 11.8. The lowest BCUT2D eigenvalue weighted by atomic mass is 10.2. The highest BCUT2D eigenvalue weighted by atomic mass is 32.2. The molecule has 0 fully saturated rings. The van der Waals surface area contributed by atoms with E-state index in [0.717, 1.165) is 12.2 Å². The number of hydrogen-bond donors (Lipinski definition) is 1. The van der Waals surface area contributed by atoms with Gasteiger partial charge in [-0.1, -0.05) is 20.8 Å². The van der Waals surface area contributed by atoms with Crippen LogP contribution in [-0.2, 0) is 14.3 Å². The molecule has 5 nitrogen and oxygen atoms in total. The van der Waals surface area contributed by atoms with E-state index in [1.54, 1.807) is 11.8 Å². The van der Waals surface area contributed by atoms with E-state index in [1.165, 1.54) is 0 Å². The van der Waals surface area contributed by atoms with Crippen LogP contribution in [0.1, 0.15) is 33.6 Å². The maximum Gasteiger partial charge on any atom is 0.407 e. The second-order valence-corrected chi connectivity index (χ2v) is 5.62. The normalized spacial score (nSPS) is 12.1. The van der Waals surface area contributed by atoms with Crippen molar-refractivity contribution in [2.24, 2.45) is 5.92 Å². The Morgan fingerprint density at radius 2 is 1.95 bits per heavy atom. The Kier molecular flexibility index (Phi) is 10.4. The molecule has 0 heterocycles. The lowest BCUT2D eigenvalue weighted by Gasteiger charge is -2.17. The summed E-state index contributed by atoms with van der Waals surface area (Å²) in [5.74, 6) is 0.649. The molecule has 1 atom stereocenters. The Labute approximate surface area is 119 Å². The minimum absolute atomic E-state index is 0.266. The molecule has 0 aromatic carbocycles. The molecule has 0 rings (SSSR count). The second-order valence-electron chi connectivity index (χ2n) is 4.64. The zero-order valence-electron chi connectivity index (χ0n) is 12.2. The lowest BCUT2D eigenvalue weighted by molar-refractivity contribution is -0.146. The van der Waals surface area contributed by atoms with Crippen LogP contribution in [0.15, 0.2) is 0 Å². The van der Waals surface area contributed by atoms with Gasteiger partial charge in [-0.15, -0.1) is 0 Å². The van der Waals surface area contributed by atoms with Gasteiger partial charge in [-0.2, -0.15) is 11.8 Å². The van der Waals surface area contributed by atoms with E-state index >= 15 is 0 Å². The fourth-order valence-electron chi connectivity index (χ4n) is 1.21. The third kappa shape index (κ3) is 9.64. The fraction of sp³-hybridized carbons (Fsp3) is 0.846. The van der Waals surface area contributed by atoms with Gasteiger partial charge in [0, 0.05) is 0 Å². The van der Waals surface area contributed by atoms with Crippen LogP contribution in [0.2, 0.25) is 0 Å². The van der Waals surface area contributed by atoms with Gasteiger partial charge in [0.15, 0.2) is 0 Å². The maximum absolute atomic E-state index is 11.8. The number of esters is 1. The highest BCUT2D eigenvalue weighted by Crippen LogP contribution is 2.04. The average molecular weight is 291 g/mol. The van der Waals surface area contributed by atoms with Crippen molar-refractivity contribution in [1.82, 2.24) is 5.32 Å². The van der Waals surface area contributed by atoms with Crippen LogP contribution in [0.3, 0.4) is 0 Å². The zero-order valence-corrected chi connectivity index (χ0v) is 13.0. The Morgan fingerprint density at radius 3 is 2.47 bits per heavy atom. The Hall–Kier alpha value is -0.910. The van der Waals surface area contributed by atoms with Crippen LogP contribution in [0, 0.1) is 5.92 Å². The first-order chi connectivity index (χ1) is 9.01. The monoisotopic (exact) mass is 291 g/mol. The molecule has 0 saturated heterocycles. The molecule has 0 aromatic rings. The van der Waals surface area contributed by atoms with Crippen LogP contribution in [0.5, 0.6) is 0 Å². The molecule has 112 valence electrons. The Morgan fingerprint density at radius 1 is 1.26 bits per heavy atom. The zero-order chi connectivity index (χ0) is 14.7. The molecule has 1 amide bonds. The van der Waals surface area contributed by atoms with E-state index in [9.17, 15) is 9.59 Å². The van der Waals surface area contributed by atoms with Gasteiger partial charge in [0.1, 0.15) is 6.04 Å². The van der Waals surface area contributed by atoms with Gasteiger partial charge in [-0.25, -0.2) is 9.59 Å². The van der Waals surface area contributed by atoms with Gasteiger partial charge in [0.2, 0.25) is 0 Å². The van der Waals surface area contributed by atoms with E-state index in [-0.39, 0.29) is 5.92 Å². The van der Waals surface area contributed by atoms with Gasteiger partial charge in [0.25, 0.3) is 0 Å². The number of alkyl carbamates (subject to hydrolysis) is 1. The molecule has 6 heteroatoms. The molecule has 1 N–H and O–H groups in total. The second kappa shape index (κ2) is 11.0. The summed E-state index contributed by atoms with van der Waals surface area (Å²) in [4.78, 5) is 23.3. The average Bonchev–Trinajstić information content (AvgIpc) is 2.38. The van der Waals surface area contributed by atoms with Crippen molar-refractivity contribution in [2.45, 2.75) is 39.7 Å². The van der Waals surface area contributed by atoms with Crippen LogP contribution >= 0.6 is 11.8 Å². The molecular weight excluding hydrogens is 266 g/mol. The van der Waals surface area contributed by atoms with Gasteiger partial charge < -0.3 is 14.8 Å². The Bertz CT molecular complexity index is 271. The van der Waals surface area contributed by atoms with Gasteiger partial charge in [-0.05, 0) is 30.8 Å². The molecule has 19 heavy (non-hydrogen) atoms. The summed E-state index contributed by atoms with van der Waals surface area (Å²) in [6.07, 6.45) is 2.69. The molecule has 0 spiro atoms. The number of nitrogens with one attached hydrogen (secondary N) is 1. The van der Waals surface area contributed by atoms with E-state index < -0.39 is 18.1 Å². The topological polar surface area (TPSA) is 64.6 Å². The number of carbonyl (C=O) groups is 2. The molecule has 0 unspecified atom stereocenters. The van der Waals surface area contributed by atoms with Crippen molar-refractivity contribution < 1.29 is 19.1 Å². The molecular formula is C13H25NO4S. The van der Waals surface area contributed by atoms with Gasteiger partial charge in [-0.3, -0.25) is 0 Å². The number of rotatable bonds is 9. The number of thioether (sulfide) groups is 1. The molecule has 0 aliphatic rings. The molecule has 0 aromatic heterocycles. The van der Waals surface area contributed by atoms with Crippen LogP contribution in [-0.4, -0.2) is 43.3 Å². The first-order valence-electron chi connectivity index (χ1n) is 6.60. The summed E-state index contributed by atoms with van der Waals surface area (Å²) >= 11 is 1.62. The van der Waals surface area contributed by atoms with E-state index in [1.807, 2.05) is 27.0 Å². The van der Waals surface area contributed by atoms with E-state index in [0.29, 0.717) is 19.6 Å². The summed E-state index contributed by atoms with van der Waals surface area (Å²) in [6.45, 7) is 6.54. The number of ether oxygens (including phenoxy) is 2. The largest absolute Gasteiger partial charge is 0.464 e. The van der Waals surface area contributed by atoms with Gasteiger partial charge >= 0.3 is 12.1 Å². The molecule has 0 bridgehead atoms. The van der Waals surface area contributed by atoms with Crippen LogP contribution in [0.25, 0.3) is 0 Å². The number of carbonyl (C=O) groups excluding carboxylic acids is 2. The standard InChI is InChI=1S/C13H25NO4S/c1-5-7-17-12(15)11(6-8-19-4)14-13(16)18-9-10(2)3/h10-11H,5-9H2,1-4H3,(H,14,16)/t11-/m0/s1. The molecule has 0 aliphatic carbocycles. The van der Waals surface area contributed by atoms with Crippen LogP contribution < -0.4 is 5.32 Å². The van der Waals surface area contributed by atoms with E-state index in [2.05, 4.69) is 5.32 Å². The van der Waals surface area contributed by atoms with Crippen molar-refractivity contribution in [1.29, 1.82) is 0 Å². The van der Waals surface area contributed by atoms with Crippen molar-refractivity contribution >= 4 is 23.8 Å². The SMILES string of the molecule is CCCOC(=O)[C@H](CCSC)NC(=O)OCC(C)C. The summed E-state index contributed by atoms with van der Waals surface area (Å²) in [7, 11) is 0. The molecule has 0 radical (unpaired) electrons. The van der Waals surface area contributed by atoms with Crippen LogP contribution in [0.4, 0.5) is 4.79 Å². The summed E-state index contributed by atoms with van der Waals surface area (Å²) in [6, 6.07) is -0.626. The first kappa shape index (κ1) is 18.1. The quantitative estimate of drug-likeness (QED) is 0.661. The minimum Gasteiger partial charge on any atom is -0.464 e. The highest BCUT2D eigenvalue weighted by Gasteiger charge is 2.22. The predicted molar refractivity (Wildman–Crippen MR) is 77.4 cm³/mol. The number of hydrogen-bond acceptors (Lipinski definition) is 5. The predicted octanol–water partition coefficient (Wildman–Crippen LogP) is 2.44. The first-order valence-corrected chi connectivity index (χ1v) is 7.99. The minimum atomic E-state index is -0.626. The lowest BCUT2D eigenvalue weighted by Crippen LogP contribution is -2.42. The smallest absolute Gasteiger partial charge is 0.407 e. The number of amides is 1. The third-order valence-corrected chi connectivity index (χ3v) is 2.83. The third-order valence-electron chi connectivity index (χ3n) is 2.18. The van der Waals surface area contributed by atoms with Crippen molar-refractivity contribution in [2.75, 3.05) is 25.2 Å². The summed E-state index contributed by atoms with van der Waals surface area (Å²) in [5.41, 5.74) is 0. The fourth-order valence-corrected chi connectivity index (χ4v) is 1.69. The van der Waals surface area contributed by atoms with Crippen molar-refractivity contribution in [3.05, 3.63) is 0 Å². The Balaban J connectivity index is 4.24. The van der Waals surface area contributed by atoms with Gasteiger partial charge in [0.05, 0.1) is 13.2 Å². The summed E-state index contributed by atoms with van der Waals surface area (Å²) < 4.78 is 10.1.